The summed E-state index contributed by atoms with van der Waals surface area (Å²) < 4.78 is 16.0. The summed E-state index contributed by atoms with van der Waals surface area (Å²) in [6.07, 6.45) is 0.421. The smallest absolute Gasteiger partial charge is 0.227 e. The molecule has 0 aliphatic carbocycles. The van der Waals surface area contributed by atoms with Crippen molar-refractivity contribution in [2.24, 2.45) is 0 Å². The second kappa shape index (κ2) is 9.28. The van der Waals surface area contributed by atoms with E-state index in [-0.39, 0.29) is 5.91 Å². The molecule has 27 heavy (non-hydrogen) atoms. The van der Waals surface area contributed by atoms with Crippen LogP contribution < -0.4 is 14.8 Å². The van der Waals surface area contributed by atoms with Gasteiger partial charge >= 0.3 is 0 Å². The van der Waals surface area contributed by atoms with Crippen molar-refractivity contribution in [2.45, 2.75) is 13.0 Å². The lowest BCUT2D eigenvalue weighted by Crippen LogP contribution is -2.41. The number of carbonyl (C=O) groups is 1. The highest BCUT2D eigenvalue weighted by Crippen LogP contribution is 2.25. The van der Waals surface area contributed by atoms with Crippen LogP contribution in [0.3, 0.4) is 0 Å². The summed E-state index contributed by atoms with van der Waals surface area (Å²) in [5.41, 5.74) is 3.02. The molecule has 1 heterocycles. The number of nitrogens with zero attached hydrogens (tertiary/aromatic N) is 1. The van der Waals surface area contributed by atoms with Gasteiger partial charge in [-0.05, 0) is 35.9 Å². The first-order chi connectivity index (χ1) is 13.2. The lowest BCUT2D eigenvalue weighted by Gasteiger charge is -2.26. The molecule has 6 nitrogen and oxygen atoms in total. The van der Waals surface area contributed by atoms with Gasteiger partial charge in [-0.1, -0.05) is 12.1 Å². The SMILES string of the molecule is COc1ccc(OC)c(CNc2ccc(CC(=O)N3CCOCC3)cc2)c1. The van der Waals surface area contributed by atoms with Crippen molar-refractivity contribution >= 4 is 11.6 Å². The zero-order valence-electron chi connectivity index (χ0n) is 15.9. The van der Waals surface area contributed by atoms with E-state index < -0.39 is 0 Å². The third kappa shape index (κ3) is 5.14. The molecule has 0 unspecified atom stereocenters. The lowest BCUT2D eigenvalue weighted by molar-refractivity contribution is -0.134. The number of anilines is 1. The standard InChI is InChI=1S/C21H26N2O4/c1-25-19-7-8-20(26-2)17(14-19)15-22-18-5-3-16(4-6-18)13-21(24)23-9-11-27-12-10-23/h3-8,14,22H,9-13,15H2,1-2H3. The molecule has 1 aliphatic heterocycles. The molecule has 2 aromatic rings. The zero-order chi connectivity index (χ0) is 19.1. The van der Waals surface area contributed by atoms with E-state index in [1.807, 2.05) is 47.4 Å². The minimum Gasteiger partial charge on any atom is -0.497 e. The first-order valence-electron chi connectivity index (χ1n) is 9.09. The number of benzene rings is 2. The van der Waals surface area contributed by atoms with Gasteiger partial charge in [-0.25, -0.2) is 0 Å². The first kappa shape index (κ1) is 19.0. The van der Waals surface area contributed by atoms with Crippen LogP contribution in [-0.2, 0) is 22.5 Å². The Kier molecular flexibility index (Phi) is 6.54. The summed E-state index contributed by atoms with van der Waals surface area (Å²) >= 11 is 0. The average Bonchev–Trinajstić information content (AvgIpc) is 2.73. The van der Waals surface area contributed by atoms with Crippen molar-refractivity contribution in [3.63, 3.8) is 0 Å². The Labute approximate surface area is 160 Å². The summed E-state index contributed by atoms with van der Waals surface area (Å²) in [5.74, 6) is 1.76. The number of rotatable bonds is 7. The molecule has 1 saturated heterocycles. The molecule has 1 aliphatic rings. The van der Waals surface area contributed by atoms with Gasteiger partial charge in [0.1, 0.15) is 11.5 Å². The number of amides is 1. The molecule has 0 spiro atoms. The molecule has 1 N–H and O–H groups in total. The molecular formula is C21H26N2O4. The first-order valence-corrected chi connectivity index (χ1v) is 9.09. The molecule has 0 saturated carbocycles. The fourth-order valence-electron chi connectivity index (χ4n) is 3.06. The fraction of sp³-hybridized carbons (Fsp3) is 0.381. The van der Waals surface area contributed by atoms with E-state index in [9.17, 15) is 4.79 Å². The Morgan fingerprint density at radius 2 is 1.81 bits per heavy atom. The van der Waals surface area contributed by atoms with Gasteiger partial charge < -0.3 is 24.4 Å². The molecule has 1 fully saturated rings. The number of carbonyl (C=O) groups excluding carboxylic acids is 1. The monoisotopic (exact) mass is 370 g/mol. The topological polar surface area (TPSA) is 60.0 Å². The van der Waals surface area contributed by atoms with Crippen molar-refractivity contribution in [1.82, 2.24) is 4.90 Å². The maximum atomic E-state index is 12.3. The molecule has 0 aromatic heterocycles. The largest absolute Gasteiger partial charge is 0.497 e. The third-order valence-electron chi connectivity index (χ3n) is 4.64. The van der Waals surface area contributed by atoms with Gasteiger partial charge in [0.05, 0.1) is 33.9 Å². The van der Waals surface area contributed by atoms with Gasteiger partial charge in [0.15, 0.2) is 0 Å². The normalized spacial score (nSPS) is 13.9. The number of ether oxygens (including phenoxy) is 3. The van der Waals surface area contributed by atoms with E-state index in [4.69, 9.17) is 14.2 Å². The highest BCUT2D eigenvalue weighted by atomic mass is 16.5. The Balaban J connectivity index is 1.57. The Hall–Kier alpha value is -2.73. The van der Waals surface area contributed by atoms with E-state index >= 15 is 0 Å². The van der Waals surface area contributed by atoms with Gasteiger partial charge in [-0.2, -0.15) is 0 Å². The molecule has 6 heteroatoms. The summed E-state index contributed by atoms with van der Waals surface area (Å²) in [6, 6.07) is 13.7. The minimum atomic E-state index is 0.153. The van der Waals surface area contributed by atoms with Gasteiger partial charge in [0.2, 0.25) is 5.91 Å². The molecule has 1 amide bonds. The van der Waals surface area contributed by atoms with Gasteiger partial charge in [-0.15, -0.1) is 0 Å². The summed E-state index contributed by atoms with van der Waals surface area (Å²) in [7, 11) is 3.31. The lowest BCUT2D eigenvalue weighted by atomic mass is 10.1. The predicted molar refractivity (Wildman–Crippen MR) is 104 cm³/mol. The number of hydrogen-bond acceptors (Lipinski definition) is 5. The van der Waals surface area contributed by atoms with Crippen LogP contribution in [0.4, 0.5) is 5.69 Å². The highest BCUT2D eigenvalue weighted by molar-refractivity contribution is 5.79. The summed E-state index contributed by atoms with van der Waals surface area (Å²) in [4.78, 5) is 14.2. The van der Waals surface area contributed by atoms with Crippen molar-refractivity contribution in [1.29, 1.82) is 0 Å². The summed E-state index contributed by atoms with van der Waals surface area (Å²) in [5, 5.41) is 3.38. The number of hydrogen-bond donors (Lipinski definition) is 1. The second-order valence-electron chi connectivity index (χ2n) is 6.40. The van der Waals surface area contributed by atoms with E-state index in [0.717, 1.165) is 28.3 Å². The van der Waals surface area contributed by atoms with Crippen LogP contribution in [0, 0.1) is 0 Å². The molecule has 144 valence electrons. The van der Waals surface area contributed by atoms with E-state index in [0.29, 0.717) is 39.3 Å². The Morgan fingerprint density at radius 1 is 1.07 bits per heavy atom. The van der Waals surface area contributed by atoms with Gasteiger partial charge in [0, 0.05) is 30.9 Å². The van der Waals surface area contributed by atoms with Crippen molar-refractivity contribution in [2.75, 3.05) is 45.8 Å². The fourth-order valence-corrected chi connectivity index (χ4v) is 3.06. The van der Waals surface area contributed by atoms with Crippen LogP contribution in [-0.4, -0.2) is 51.3 Å². The van der Waals surface area contributed by atoms with Crippen molar-refractivity contribution < 1.29 is 19.0 Å². The molecule has 2 aromatic carbocycles. The van der Waals surface area contributed by atoms with Crippen LogP contribution in [0.5, 0.6) is 11.5 Å². The van der Waals surface area contributed by atoms with Crippen molar-refractivity contribution in [3.8, 4) is 11.5 Å². The quantitative estimate of drug-likeness (QED) is 0.812. The summed E-state index contributed by atoms with van der Waals surface area (Å²) in [6.45, 7) is 3.23. The van der Waals surface area contributed by atoms with Crippen molar-refractivity contribution in [3.05, 3.63) is 53.6 Å². The minimum absolute atomic E-state index is 0.153. The molecule has 0 atom stereocenters. The maximum absolute atomic E-state index is 12.3. The second-order valence-corrected chi connectivity index (χ2v) is 6.40. The van der Waals surface area contributed by atoms with E-state index in [1.54, 1.807) is 14.2 Å². The van der Waals surface area contributed by atoms with Crippen LogP contribution in [0.2, 0.25) is 0 Å². The van der Waals surface area contributed by atoms with E-state index in [1.165, 1.54) is 0 Å². The van der Waals surface area contributed by atoms with Crippen LogP contribution in [0.25, 0.3) is 0 Å². The van der Waals surface area contributed by atoms with Gasteiger partial charge in [-0.3, -0.25) is 4.79 Å². The highest BCUT2D eigenvalue weighted by Gasteiger charge is 2.16. The third-order valence-corrected chi connectivity index (χ3v) is 4.64. The number of morpholine rings is 1. The Morgan fingerprint density at radius 3 is 2.48 bits per heavy atom. The van der Waals surface area contributed by atoms with Crippen LogP contribution in [0.1, 0.15) is 11.1 Å². The zero-order valence-corrected chi connectivity index (χ0v) is 15.9. The molecule has 3 rings (SSSR count). The van der Waals surface area contributed by atoms with E-state index in [2.05, 4.69) is 5.32 Å². The average molecular weight is 370 g/mol. The van der Waals surface area contributed by atoms with Crippen LogP contribution in [0.15, 0.2) is 42.5 Å². The number of nitrogens with one attached hydrogen (secondary N) is 1. The van der Waals surface area contributed by atoms with Crippen LogP contribution >= 0.6 is 0 Å². The molecule has 0 bridgehead atoms. The Bertz CT molecular complexity index is 755. The predicted octanol–water partition coefficient (Wildman–Crippen LogP) is 2.72. The molecular weight excluding hydrogens is 344 g/mol. The number of methoxy groups -OCH3 is 2. The molecule has 0 radical (unpaired) electrons. The maximum Gasteiger partial charge on any atom is 0.227 e. The van der Waals surface area contributed by atoms with Gasteiger partial charge in [0.25, 0.3) is 0 Å².